The van der Waals surface area contributed by atoms with Crippen LogP contribution in [0.1, 0.15) is 10.5 Å². The molecule has 7 nitrogen and oxygen atoms in total. The van der Waals surface area contributed by atoms with Crippen LogP contribution in [-0.2, 0) is 9.53 Å². The minimum Gasteiger partial charge on any atom is -0.464 e. The molecule has 0 unspecified atom stereocenters. The molecule has 0 saturated carbocycles. The van der Waals surface area contributed by atoms with Gasteiger partial charge in [-0.1, -0.05) is 35.9 Å². The van der Waals surface area contributed by atoms with E-state index in [1.54, 1.807) is 18.2 Å². The quantitative estimate of drug-likeness (QED) is 0.612. The third-order valence-corrected chi connectivity index (χ3v) is 5.60. The number of nitrogens with one attached hydrogen (secondary N) is 2. The lowest BCUT2D eigenvalue weighted by Gasteiger charge is -2.35. The summed E-state index contributed by atoms with van der Waals surface area (Å²) in [4.78, 5) is 32.4. The molecular formula is C22H23ClN4O3. The van der Waals surface area contributed by atoms with Crippen molar-refractivity contribution in [3.63, 3.8) is 0 Å². The van der Waals surface area contributed by atoms with Gasteiger partial charge in [-0.15, -0.1) is 0 Å². The third-order valence-electron chi connectivity index (χ3n) is 5.29. The van der Waals surface area contributed by atoms with Crippen LogP contribution in [0.15, 0.2) is 48.5 Å². The molecule has 1 aliphatic rings. The number of para-hydroxylation sites is 1. The van der Waals surface area contributed by atoms with Gasteiger partial charge in [0.05, 0.1) is 24.4 Å². The number of ether oxygens (including phenoxy) is 1. The molecule has 4 rings (SSSR count). The van der Waals surface area contributed by atoms with Gasteiger partial charge in [-0.05, 0) is 24.3 Å². The number of benzene rings is 2. The second-order valence-electron chi connectivity index (χ2n) is 7.18. The van der Waals surface area contributed by atoms with Gasteiger partial charge in [0.25, 0.3) is 0 Å². The van der Waals surface area contributed by atoms with Crippen LogP contribution < -0.4 is 10.2 Å². The number of carbonyl (C=O) groups excluding carboxylic acids is 2. The summed E-state index contributed by atoms with van der Waals surface area (Å²) in [6, 6.07) is 15.5. The van der Waals surface area contributed by atoms with E-state index in [2.05, 4.69) is 32.2 Å². The first-order chi connectivity index (χ1) is 14.6. The number of H-pyrrole nitrogens is 1. The summed E-state index contributed by atoms with van der Waals surface area (Å²) in [7, 11) is 1.30. The number of rotatable bonds is 5. The molecule has 0 bridgehead atoms. The number of piperazine rings is 1. The Morgan fingerprint density at radius 2 is 1.80 bits per heavy atom. The number of anilines is 2. The summed E-state index contributed by atoms with van der Waals surface area (Å²) in [5.74, 6) is -0.761. The normalized spacial score (nSPS) is 14.7. The lowest BCUT2D eigenvalue weighted by Crippen LogP contribution is -2.48. The highest BCUT2D eigenvalue weighted by Gasteiger charge is 2.24. The van der Waals surface area contributed by atoms with Crippen molar-refractivity contribution in [1.29, 1.82) is 0 Å². The van der Waals surface area contributed by atoms with Crippen molar-refractivity contribution >= 4 is 45.8 Å². The second-order valence-corrected chi connectivity index (χ2v) is 7.58. The Morgan fingerprint density at radius 1 is 1.07 bits per heavy atom. The minimum absolute atomic E-state index is 0.183. The summed E-state index contributed by atoms with van der Waals surface area (Å²) in [6.45, 7) is 3.50. The van der Waals surface area contributed by atoms with Gasteiger partial charge in [0, 0.05) is 42.8 Å². The smallest absolute Gasteiger partial charge is 0.356 e. The highest BCUT2D eigenvalue weighted by atomic mass is 35.5. The third kappa shape index (κ3) is 4.13. The standard InChI is InChI=1S/C22H23ClN4O3/c1-30-22(29)21-20(19-16(23)8-5-9-17(19)24-21)25-18(28)14-26-10-12-27(13-11-26)15-6-3-2-4-7-15/h2-9,24H,10-14H2,1H3,(H,25,28). The predicted molar refractivity (Wildman–Crippen MR) is 118 cm³/mol. The molecule has 0 aliphatic carbocycles. The van der Waals surface area contributed by atoms with E-state index in [9.17, 15) is 9.59 Å². The van der Waals surface area contributed by atoms with Crippen molar-refractivity contribution in [2.24, 2.45) is 0 Å². The van der Waals surface area contributed by atoms with Crippen LogP contribution in [0.3, 0.4) is 0 Å². The SMILES string of the molecule is COC(=O)c1[nH]c2cccc(Cl)c2c1NC(=O)CN1CCN(c2ccccc2)CC1. The molecule has 1 fully saturated rings. The van der Waals surface area contributed by atoms with E-state index < -0.39 is 5.97 Å². The zero-order valence-electron chi connectivity index (χ0n) is 16.7. The maximum absolute atomic E-state index is 12.8. The molecule has 156 valence electrons. The first kappa shape index (κ1) is 20.3. The van der Waals surface area contributed by atoms with Crippen LogP contribution in [0, 0.1) is 0 Å². The van der Waals surface area contributed by atoms with Crippen molar-refractivity contribution in [1.82, 2.24) is 9.88 Å². The fraction of sp³-hybridized carbons (Fsp3) is 0.273. The molecule has 8 heteroatoms. The zero-order valence-corrected chi connectivity index (χ0v) is 17.4. The largest absolute Gasteiger partial charge is 0.464 e. The maximum Gasteiger partial charge on any atom is 0.356 e. The summed E-state index contributed by atoms with van der Waals surface area (Å²) >= 11 is 6.33. The van der Waals surface area contributed by atoms with Crippen LogP contribution in [0.25, 0.3) is 10.9 Å². The van der Waals surface area contributed by atoms with Crippen molar-refractivity contribution < 1.29 is 14.3 Å². The molecule has 1 saturated heterocycles. The van der Waals surface area contributed by atoms with Gasteiger partial charge in [0.2, 0.25) is 5.91 Å². The highest BCUT2D eigenvalue weighted by Crippen LogP contribution is 2.34. The molecule has 1 aliphatic heterocycles. The average Bonchev–Trinajstić information content (AvgIpc) is 3.14. The van der Waals surface area contributed by atoms with Gasteiger partial charge >= 0.3 is 5.97 Å². The maximum atomic E-state index is 12.8. The first-order valence-corrected chi connectivity index (χ1v) is 10.2. The summed E-state index contributed by atoms with van der Waals surface area (Å²) in [5.41, 5.74) is 2.39. The van der Waals surface area contributed by atoms with E-state index in [1.807, 2.05) is 18.2 Å². The average molecular weight is 427 g/mol. The fourth-order valence-corrected chi connectivity index (χ4v) is 4.04. The molecule has 2 N–H and O–H groups in total. The number of carbonyl (C=O) groups is 2. The minimum atomic E-state index is -0.561. The van der Waals surface area contributed by atoms with Crippen molar-refractivity contribution in [2.45, 2.75) is 0 Å². The molecule has 0 spiro atoms. The summed E-state index contributed by atoms with van der Waals surface area (Å²) in [5, 5.41) is 3.92. The Hall–Kier alpha value is -3.03. The fourth-order valence-electron chi connectivity index (χ4n) is 3.77. The number of aromatic nitrogens is 1. The number of amides is 1. The van der Waals surface area contributed by atoms with Gasteiger partial charge in [0.1, 0.15) is 5.69 Å². The molecular weight excluding hydrogens is 404 g/mol. The lowest BCUT2D eigenvalue weighted by molar-refractivity contribution is -0.117. The van der Waals surface area contributed by atoms with Crippen molar-refractivity contribution in [3.8, 4) is 0 Å². The number of methoxy groups -OCH3 is 1. The van der Waals surface area contributed by atoms with Crippen molar-refractivity contribution in [3.05, 3.63) is 59.2 Å². The van der Waals surface area contributed by atoms with Gasteiger partial charge in [-0.2, -0.15) is 0 Å². The second kappa shape index (κ2) is 8.77. The Kier molecular flexibility index (Phi) is 5.92. The molecule has 0 radical (unpaired) electrons. The number of aromatic amines is 1. The Labute approximate surface area is 179 Å². The van der Waals surface area contributed by atoms with Gasteiger partial charge in [0.15, 0.2) is 0 Å². The number of hydrogen-bond acceptors (Lipinski definition) is 5. The number of nitrogens with zero attached hydrogens (tertiary/aromatic N) is 2. The van der Waals surface area contributed by atoms with Gasteiger partial charge in [-0.3, -0.25) is 9.69 Å². The van der Waals surface area contributed by atoms with Crippen LogP contribution in [-0.4, -0.2) is 61.6 Å². The molecule has 2 aromatic carbocycles. The van der Waals surface area contributed by atoms with Gasteiger partial charge < -0.3 is 19.9 Å². The number of hydrogen-bond donors (Lipinski definition) is 2. The Balaban J connectivity index is 1.45. The van der Waals surface area contributed by atoms with E-state index in [0.29, 0.717) is 21.6 Å². The van der Waals surface area contributed by atoms with E-state index >= 15 is 0 Å². The molecule has 1 amide bonds. The zero-order chi connectivity index (χ0) is 21.1. The van der Waals surface area contributed by atoms with E-state index in [-0.39, 0.29) is 18.1 Å². The molecule has 1 aromatic heterocycles. The molecule has 30 heavy (non-hydrogen) atoms. The van der Waals surface area contributed by atoms with Crippen molar-refractivity contribution in [2.75, 3.05) is 50.1 Å². The monoisotopic (exact) mass is 426 g/mol. The summed E-state index contributed by atoms with van der Waals surface area (Å²) < 4.78 is 4.85. The van der Waals surface area contributed by atoms with Crippen LogP contribution in [0.5, 0.6) is 0 Å². The van der Waals surface area contributed by atoms with Crippen LogP contribution >= 0.6 is 11.6 Å². The molecule has 0 atom stereocenters. The Morgan fingerprint density at radius 3 is 2.50 bits per heavy atom. The number of halogens is 1. The Bertz CT molecular complexity index is 1060. The highest BCUT2D eigenvalue weighted by molar-refractivity contribution is 6.37. The first-order valence-electron chi connectivity index (χ1n) is 9.77. The topological polar surface area (TPSA) is 77.7 Å². The van der Waals surface area contributed by atoms with E-state index in [4.69, 9.17) is 16.3 Å². The summed E-state index contributed by atoms with van der Waals surface area (Å²) in [6.07, 6.45) is 0. The molecule has 3 aromatic rings. The van der Waals surface area contributed by atoms with Crippen LogP contribution in [0.4, 0.5) is 11.4 Å². The molecule has 2 heterocycles. The van der Waals surface area contributed by atoms with Crippen LogP contribution in [0.2, 0.25) is 5.02 Å². The van der Waals surface area contributed by atoms with E-state index in [0.717, 1.165) is 26.2 Å². The van der Waals surface area contributed by atoms with Gasteiger partial charge in [-0.25, -0.2) is 4.79 Å². The number of esters is 1. The lowest BCUT2D eigenvalue weighted by atomic mass is 10.2. The van der Waals surface area contributed by atoms with E-state index in [1.165, 1.54) is 12.8 Å². The predicted octanol–water partition coefficient (Wildman–Crippen LogP) is 3.37. The number of fused-ring (bicyclic) bond motifs is 1.